The van der Waals surface area contributed by atoms with Gasteiger partial charge in [-0.2, -0.15) is 0 Å². The number of pyridine rings is 2. The van der Waals surface area contributed by atoms with Gasteiger partial charge in [0, 0.05) is 82.2 Å². The van der Waals surface area contributed by atoms with Crippen LogP contribution in [0.4, 0.5) is 0 Å². The van der Waals surface area contributed by atoms with Crippen LogP contribution in [0.2, 0.25) is 0 Å². The van der Waals surface area contributed by atoms with Gasteiger partial charge in [0.25, 0.3) is 0 Å². The van der Waals surface area contributed by atoms with Crippen LogP contribution in [0.1, 0.15) is 25.0 Å². The summed E-state index contributed by atoms with van der Waals surface area (Å²) in [5.74, 6) is 1.40. The van der Waals surface area contributed by atoms with Crippen LogP contribution in [0.15, 0.2) is 461 Å². The number of aromatic nitrogens is 6. The number of rotatable bonds is 13. The first kappa shape index (κ1) is 77.5. The average molecular weight is 1670 g/mol. The van der Waals surface area contributed by atoms with E-state index < -0.39 is 0 Å². The molecular weight excluding hydrogens is 1590 g/mol. The van der Waals surface area contributed by atoms with Crippen molar-refractivity contribution in [1.82, 2.24) is 29.9 Å². The maximum Gasteiger partial charge on any atom is 0.161 e. The lowest BCUT2D eigenvalue weighted by Gasteiger charge is -2.22. The molecule has 0 unspecified atom stereocenters. The van der Waals surface area contributed by atoms with Crippen LogP contribution >= 0.6 is 0 Å². The average Bonchev–Trinajstić information content (AvgIpc) is 1.60. The third-order valence-electron chi connectivity index (χ3n) is 26.6. The van der Waals surface area contributed by atoms with Crippen LogP contribution in [-0.2, 0) is 5.41 Å². The van der Waals surface area contributed by atoms with Crippen LogP contribution in [0.3, 0.4) is 0 Å². The Bertz CT molecular complexity index is 8480. The Balaban J connectivity index is 0.000000145. The summed E-state index contributed by atoms with van der Waals surface area (Å²) in [7, 11) is 0. The van der Waals surface area contributed by atoms with Crippen molar-refractivity contribution in [1.29, 1.82) is 0 Å². The second kappa shape index (κ2) is 32.4. The molecule has 0 bridgehead atoms. The molecule has 6 nitrogen and oxygen atoms in total. The highest BCUT2D eigenvalue weighted by Gasteiger charge is 2.35. The lowest BCUT2D eigenvalue weighted by atomic mass is 9.81. The van der Waals surface area contributed by atoms with Gasteiger partial charge in [0.2, 0.25) is 0 Å². The van der Waals surface area contributed by atoms with Gasteiger partial charge in [-0.15, -0.1) is 0 Å². The first-order valence-electron chi connectivity index (χ1n) is 44.8. The molecule has 0 atom stereocenters. The van der Waals surface area contributed by atoms with E-state index in [1.165, 1.54) is 93.3 Å². The molecule has 612 valence electrons. The maximum atomic E-state index is 5.47. The fourth-order valence-corrected chi connectivity index (χ4v) is 20.0. The number of fused-ring (bicyclic) bond motifs is 15. The van der Waals surface area contributed by atoms with Crippen molar-refractivity contribution in [3.05, 3.63) is 472 Å². The third-order valence-corrected chi connectivity index (χ3v) is 26.6. The first-order chi connectivity index (χ1) is 64.7. The minimum Gasteiger partial charge on any atom is -0.247 e. The zero-order chi connectivity index (χ0) is 87.0. The van der Waals surface area contributed by atoms with Crippen molar-refractivity contribution in [2.24, 2.45) is 0 Å². The summed E-state index contributed by atoms with van der Waals surface area (Å²) in [6, 6.07) is 165. The van der Waals surface area contributed by atoms with Crippen molar-refractivity contribution < 1.29 is 0 Å². The summed E-state index contributed by atoms with van der Waals surface area (Å²) in [5, 5.41) is 16.4. The molecule has 0 radical (unpaired) electrons. The Hall–Kier alpha value is -17.1. The van der Waals surface area contributed by atoms with Crippen molar-refractivity contribution in [3.63, 3.8) is 0 Å². The Morgan fingerprint density at radius 2 is 0.489 bits per heavy atom. The molecule has 1 aliphatic rings. The van der Waals surface area contributed by atoms with Crippen LogP contribution in [0.25, 0.3) is 244 Å². The van der Waals surface area contributed by atoms with E-state index in [-0.39, 0.29) is 5.41 Å². The monoisotopic (exact) mass is 1670 g/mol. The molecule has 6 heteroatoms. The Morgan fingerprint density at radius 3 is 0.969 bits per heavy atom. The lowest BCUT2D eigenvalue weighted by molar-refractivity contribution is 0.660. The van der Waals surface area contributed by atoms with Crippen molar-refractivity contribution >= 4 is 86.4 Å². The van der Waals surface area contributed by atoms with E-state index in [4.69, 9.17) is 29.9 Å². The SMILES string of the molecule is CC1(C)c2ccccc2-c2ccc(-c3ccc(-c4cc(-c5ccc(-c6ccc7nc(-c8ccccc8)c8cccc(-c9ccccc9)c8c7c6)cc5)nc(-c5ccccc5)n4)cc3)cc21.c1ccc(-c2nc3ccc(-c4ccc(-c5cc(-c6cc7ccccc7c7ccccc67)nc(-c6cc7ccccc7c7ccccc67)n5)cc4)cc3c3c(-c4ccccc4)cccc23)cc1. The highest BCUT2D eigenvalue weighted by atomic mass is 14.9. The molecule has 0 saturated heterocycles. The van der Waals surface area contributed by atoms with Crippen LogP contribution < -0.4 is 0 Å². The van der Waals surface area contributed by atoms with Crippen LogP contribution in [-0.4, -0.2) is 29.9 Å². The van der Waals surface area contributed by atoms with Gasteiger partial charge in [-0.25, -0.2) is 29.9 Å². The summed E-state index contributed by atoms with van der Waals surface area (Å²) >= 11 is 0. The maximum absolute atomic E-state index is 5.47. The van der Waals surface area contributed by atoms with Gasteiger partial charge in [-0.3, -0.25) is 0 Å². The molecule has 25 rings (SSSR count). The second-order valence-corrected chi connectivity index (χ2v) is 34.6. The predicted molar refractivity (Wildman–Crippen MR) is 548 cm³/mol. The summed E-state index contributed by atoms with van der Waals surface area (Å²) in [6.45, 7) is 4.67. The summed E-state index contributed by atoms with van der Waals surface area (Å²) in [5.41, 5.74) is 32.9. The van der Waals surface area contributed by atoms with Gasteiger partial charge in [-0.05, 0) is 176 Å². The molecule has 131 heavy (non-hydrogen) atoms. The number of nitrogens with zero attached hydrogens (tertiary/aromatic N) is 6. The largest absolute Gasteiger partial charge is 0.247 e. The first-order valence-corrected chi connectivity index (χ1v) is 44.8. The zero-order valence-corrected chi connectivity index (χ0v) is 72.1. The van der Waals surface area contributed by atoms with E-state index in [0.29, 0.717) is 11.6 Å². The summed E-state index contributed by atoms with van der Waals surface area (Å²) in [6.07, 6.45) is 0. The molecule has 4 aromatic heterocycles. The Morgan fingerprint density at radius 1 is 0.160 bits per heavy atom. The molecule has 0 saturated carbocycles. The quantitative estimate of drug-likeness (QED) is 0.107. The fourth-order valence-electron chi connectivity index (χ4n) is 20.0. The number of benzene rings is 20. The van der Waals surface area contributed by atoms with E-state index in [1.807, 2.05) is 18.2 Å². The van der Waals surface area contributed by atoms with Gasteiger partial charge in [0.15, 0.2) is 11.6 Å². The van der Waals surface area contributed by atoms with Gasteiger partial charge in [0.1, 0.15) is 0 Å². The summed E-state index contributed by atoms with van der Waals surface area (Å²) in [4.78, 5) is 31.8. The van der Waals surface area contributed by atoms with E-state index in [0.717, 1.165) is 150 Å². The minimum absolute atomic E-state index is 0.0487. The normalized spacial score (nSPS) is 12.1. The molecule has 0 aliphatic heterocycles. The fraction of sp³-hybridized carbons (Fsp3) is 0.0240. The van der Waals surface area contributed by atoms with Crippen molar-refractivity contribution in [2.45, 2.75) is 19.3 Å². The molecule has 0 amide bonds. The van der Waals surface area contributed by atoms with Crippen LogP contribution in [0, 0.1) is 0 Å². The molecule has 1 aliphatic carbocycles. The van der Waals surface area contributed by atoms with Gasteiger partial charge >= 0.3 is 0 Å². The van der Waals surface area contributed by atoms with Gasteiger partial charge < -0.3 is 0 Å². The van der Waals surface area contributed by atoms with E-state index in [1.54, 1.807) is 0 Å². The predicted octanol–water partition coefficient (Wildman–Crippen LogP) is 32.9. The van der Waals surface area contributed by atoms with E-state index in [9.17, 15) is 0 Å². The number of hydrogen-bond acceptors (Lipinski definition) is 6. The van der Waals surface area contributed by atoms with Gasteiger partial charge in [-0.1, -0.05) is 420 Å². The molecule has 0 fully saturated rings. The van der Waals surface area contributed by atoms with Crippen molar-refractivity contribution in [2.75, 3.05) is 0 Å². The molecular formula is C125H82N6. The lowest BCUT2D eigenvalue weighted by Crippen LogP contribution is -2.14. The highest BCUT2D eigenvalue weighted by molar-refractivity contribution is 6.20. The summed E-state index contributed by atoms with van der Waals surface area (Å²) < 4.78 is 0. The number of hydrogen-bond donors (Lipinski definition) is 0. The topological polar surface area (TPSA) is 77.3 Å². The minimum atomic E-state index is -0.0487. The van der Waals surface area contributed by atoms with E-state index in [2.05, 4.69) is 457 Å². The molecule has 0 N–H and O–H groups in total. The Labute approximate surface area is 759 Å². The van der Waals surface area contributed by atoms with Crippen LogP contribution in [0.5, 0.6) is 0 Å². The molecule has 4 heterocycles. The molecule has 0 spiro atoms. The van der Waals surface area contributed by atoms with Crippen molar-refractivity contribution in [3.8, 4) is 157 Å². The van der Waals surface area contributed by atoms with E-state index >= 15 is 0 Å². The standard InChI is InChI=1S/C63H39N3.C62H43N3/c1-3-16-41(17-4-1)49-28-15-29-54-61(49)57-36-44(34-35-58(57)64-62(54)43-18-5-2-6-19-43)40-30-32-42(33-31-40)59-39-60(55-37-45-20-7-9-22-47(45)50-24-11-13-26-52(50)55)66-63(65-59)56-38-46-21-8-10-23-48(46)51-25-12-14-27-53(51)56;1-62(2)54-24-13-12-21-50(54)51-35-33-48(38-55(51)62)41-27-31-44(32-28-41)58-39-57(64-61(65-58)46-19-10-5-11-20-46)43-29-25-40(26-30-43)47-34-36-56-53(37-47)59-49(42-15-6-3-7-16-42)22-14-23-52(59)60(63-56)45-17-8-4-9-18-45/h1-39H;3-39H,1-2H3. The van der Waals surface area contributed by atoms with Gasteiger partial charge in [0.05, 0.1) is 45.2 Å². The highest BCUT2D eigenvalue weighted by Crippen LogP contribution is 2.51. The molecule has 20 aromatic carbocycles. The smallest absolute Gasteiger partial charge is 0.161 e. The Kier molecular flexibility index (Phi) is 19.2. The zero-order valence-electron chi connectivity index (χ0n) is 72.1. The third kappa shape index (κ3) is 14.0. The molecule has 24 aromatic rings. The second-order valence-electron chi connectivity index (χ2n) is 34.6.